The second-order valence-electron chi connectivity index (χ2n) is 3.74. The SMILES string of the molecule is CCc1cc(C(=O)O)cc(Sc2ncccc2Cl)n1. The van der Waals surface area contributed by atoms with Crippen LogP contribution in [0.15, 0.2) is 40.5 Å². The summed E-state index contributed by atoms with van der Waals surface area (Å²) in [5.41, 5.74) is 0.954. The van der Waals surface area contributed by atoms with Gasteiger partial charge in [0.15, 0.2) is 0 Å². The number of carboxylic acid groups (broad SMARTS) is 1. The molecule has 0 saturated carbocycles. The van der Waals surface area contributed by atoms with E-state index in [4.69, 9.17) is 16.7 Å². The molecule has 6 heteroatoms. The monoisotopic (exact) mass is 294 g/mol. The van der Waals surface area contributed by atoms with E-state index in [1.807, 2.05) is 6.92 Å². The Morgan fingerprint density at radius 3 is 2.89 bits per heavy atom. The van der Waals surface area contributed by atoms with Crippen molar-refractivity contribution < 1.29 is 9.90 Å². The highest BCUT2D eigenvalue weighted by Crippen LogP contribution is 2.30. The number of halogens is 1. The van der Waals surface area contributed by atoms with Gasteiger partial charge in [-0.1, -0.05) is 18.5 Å². The van der Waals surface area contributed by atoms with Gasteiger partial charge in [-0.3, -0.25) is 0 Å². The van der Waals surface area contributed by atoms with Gasteiger partial charge in [-0.25, -0.2) is 14.8 Å². The molecule has 0 bridgehead atoms. The summed E-state index contributed by atoms with van der Waals surface area (Å²) in [6.45, 7) is 1.93. The maximum absolute atomic E-state index is 11.1. The van der Waals surface area contributed by atoms with E-state index in [0.29, 0.717) is 21.5 Å². The molecule has 1 N–H and O–H groups in total. The minimum Gasteiger partial charge on any atom is -0.478 e. The highest BCUT2D eigenvalue weighted by molar-refractivity contribution is 7.99. The Kier molecular flexibility index (Phi) is 4.39. The van der Waals surface area contributed by atoms with Crippen LogP contribution in [0.5, 0.6) is 0 Å². The van der Waals surface area contributed by atoms with Gasteiger partial charge in [0.2, 0.25) is 0 Å². The van der Waals surface area contributed by atoms with Gasteiger partial charge in [0.25, 0.3) is 0 Å². The zero-order chi connectivity index (χ0) is 13.8. The third-order valence-corrected chi connectivity index (χ3v) is 3.74. The highest BCUT2D eigenvalue weighted by atomic mass is 35.5. The van der Waals surface area contributed by atoms with Crippen LogP contribution in [0.2, 0.25) is 5.02 Å². The molecule has 0 saturated heterocycles. The summed E-state index contributed by atoms with van der Waals surface area (Å²) in [5, 5.41) is 10.8. The van der Waals surface area contributed by atoms with Crippen molar-refractivity contribution in [1.29, 1.82) is 0 Å². The Morgan fingerprint density at radius 2 is 2.26 bits per heavy atom. The molecule has 0 aliphatic heterocycles. The van der Waals surface area contributed by atoms with Crippen LogP contribution < -0.4 is 0 Å². The molecule has 0 spiro atoms. The Labute approximate surface area is 119 Å². The minimum absolute atomic E-state index is 0.224. The van der Waals surface area contributed by atoms with Gasteiger partial charge < -0.3 is 5.11 Å². The van der Waals surface area contributed by atoms with E-state index in [2.05, 4.69) is 9.97 Å². The van der Waals surface area contributed by atoms with Crippen molar-refractivity contribution in [3.63, 3.8) is 0 Å². The van der Waals surface area contributed by atoms with Crippen LogP contribution in [0.25, 0.3) is 0 Å². The first-order chi connectivity index (χ1) is 9.10. The Hall–Kier alpha value is -1.59. The minimum atomic E-state index is -0.967. The summed E-state index contributed by atoms with van der Waals surface area (Å²) in [6.07, 6.45) is 2.31. The summed E-state index contributed by atoms with van der Waals surface area (Å²) in [5.74, 6) is -0.967. The molecular formula is C13H11ClN2O2S. The maximum Gasteiger partial charge on any atom is 0.335 e. The topological polar surface area (TPSA) is 63.1 Å². The van der Waals surface area contributed by atoms with E-state index in [-0.39, 0.29) is 5.56 Å². The van der Waals surface area contributed by atoms with Crippen LogP contribution in [-0.2, 0) is 6.42 Å². The van der Waals surface area contributed by atoms with E-state index in [1.54, 1.807) is 24.4 Å². The van der Waals surface area contributed by atoms with Gasteiger partial charge >= 0.3 is 5.97 Å². The predicted octanol–water partition coefficient (Wildman–Crippen LogP) is 3.54. The van der Waals surface area contributed by atoms with Crippen LogP contribution in [-0.4, -0.2) is 21.0 Å². The van der Waals surface area contributed by atoms with E-state index in [9.17, 15) is 4.79 Å². The van der Waals surface area contributed by atoms with Gasteiger partial charge in [0.05, 0.1) is 10.6 Å². The lowest BCUT2D eigenvalue weighted by atomic mass is 10.2. The van der Waals surface area contributed by atoms with E-state index >= 15 is 0 Å². The van der Waals surface area contributed by atoms with E-state index in [0.717, 1.165) is 5.69 Å². The number of nitrogens with zero attached hydrogens (tertiary/aromatic N) is 2. The third kappa shape index (κ3) is 3.45. The number of aromatic nitrogens is 2. The third-order valence-electron chi connectivity index (χ3n) is 2.39. The van der Waals surface area contributed by atoms with Crippen molar-refractivity contribution in [2.45, 2.75) is 23.4 Å². The average Bonchev–Trinajstić information content (AvgIpc) is 2.41. The molecule has 0 atom stereocenters. The van der Waals surface area contributed by atoms with E-state index < -0.39 is 5.97 Å². The molecule has 0 unspecified atom stereocenters. The van der Waals surface area contributed by atoms with Crippen LogP contribution >= 0.6 is 23.4 Å². The molecule has 0 radical (unpaired) electrons. The standard InChI is InChI=1S/C13H11ClN2O2S/c1-2-9-6-8(13(17)18)7-11(16-9)19-12-10(14)4-3-5-15-12/h3-7H,2H2,1H3,(H,17,18). The number of aryl methyl sites for hydroxylation is 1. The second-order valence-corrected chi connectivity index (χ2v) is 5.15. The maximum atomic E-state index is 11.1. The van der Waals surface area contributed by atoms with Crippen molar-refractivity contribution in [1.82, 2.24) is 9.97 Å². The number of hydrogen-bond donors (Lipinski definition) is 1. The smallest absolute Gasteiger partial charge is 0.335 e. The Morgan fingerprint density at radius 1 is 1.47 bits per heavy atom. The second kappa shape index (κ2) is 6.04. The molecule has 19 heavy (non-hydrogen) atoms. The van der Waals surface area contributed by atoms with Gasteiger partial charge in [-0.15, -0.1) is 0 Å². The predicted molar refractivity (Wildman–Crippen MR) is 73.9 cm³/mol. The fourth-order valence-corrected chi connectivity index (χ4v) is 2.53. The highest BCUT2D eigenvalue weighted by Gasteiger charge is 2.10. The lowest BCUT2D eigenvalue weighted by molar-refractivity contribution is 0.0696. The van der Waals surface area contributed by atoms with Gasteiger partial charge in [0.1, 0.15) is 10.1 Å². The van der Waals surface area contributed by atoms with Gasteiger partial charge in [-0.2, -0.15) is 0 Å². The molecule has 0 fully saturated rings. The molecule has 2 aromatic rings. The lowest BCUT2D eigenvalue weighted by Crippen LogP contribution is -2.00. The molecule has 0 amide bonds. The molecule has 2 heterocycles. The number of aromatic carboxylic acids is 1. The first-order valence-corrected chi connectivity index (χ1v) is 6.82. The first kappa shape index (κ1) is 13.8. The van der Waals surface area contributed by atoms with Crippen molar-refractivity contribution in [2.24, 2.45) is 0 Å². The van der Waals surface area contributed by atoms with Crippen molar-refractivity contribution >= 4 is 29.3 Å². The summed E-state index contributed by atoms with van der Waals surface area (Å²) in [7, 11) is 0. The van der Waals surface area contributed by atoms with Gasteiger partial charge in [-0.05, 0) is 42.4 Å². The zero-order valence-electron chi connectivity index (χ0n) is 10.1. The van der Waals surface area contributed by atoms with Crippen LogP contribution in [0, 0.1) is 0 Å². The van der Waals surface area contributed by atoms with Crippen LogP contribution in [0.4, 0.5) is 0 Å². The fraction of sp³-hybridized carbons (Fsp3) is 0.154. The Balaban J connectivity index is 2.37. The molecule has 0 aliphatic rings. The summed E-state index contributed by atoms with van der Waals surface area (Å²) in [4.78, 5) is 19.6. The molecule has 2 rings (SSSR count). The number of hydrogen-bond acceptors (Lipinski definition) is 4. The summed E-state index contributed by atoms with van der Waals surface area (Å²) >= 11 is 7.28. The number of carbonyl (C=O) groups is 1. The largest absolute Gasteiger partial charge is 0.478 e. The molecule has 4 nitrogen and oxygen atoms in total. The normalized spacial score (nSPS) is 10.4. The average molecular weight is 295 g/mol. The van der Waals surface area contributed by atoms with Crippen LogP contribution in [0.3, 0.4) is 0 Å². The number of rotatable bonds is 4. The fourth-order valence-electron chi connectivity index (χ4n) is 1.46. The van der Waals surface area contributed by atoms with Crippen molar-refractivity contribution in [2.75, 3.05) is 0 Å². The lowest BCUT2D eigenvalue weighted by Gasteiger charge is -2.05. The molecule has 98 valence electrons. The first-order valence-electron chi connectivity index (χ1n) is 5.62. The zero-order valence-corrected chi connectivity index (χ0v) is 11.7. The van der Waals surface area contributed by atoms with Crippen molar-refractivity contribution in [3.8, 4) is 0 Å². The molecule has 0 aromatic carbocycles. The van der Waals surface area contributed by atoms with E-state index in [1.165, 1.54) is 17.8 Å². The molecular weight excluding hydrogens is 284 g/mol. The van der Waals surface area contributed by atoms with Crippen LogP contribution in [0.1, 0.15) is 23.0 Å². The number of carboxylic acids is 1. The summed E-state index contributed by atoms with van der Waals surface area (Å²) in [6, 6.07) is 6.58. The van der Waals surface area contributed by atoms with Gasteiger partial charge in [0, 0.05) is 11.9 Å². The molecule has 0 aliphatic carbocycles. The number of pyridine rings is 2. The molecule has 2 aromatic heterocycles. The quantitative estimate of drug-likeness (QED) is 0.934. The van der Waals surface area contributed by atoms with Crippen molar-refractivity contribution in [3.05, 3.63) is 46.7 Å². The summed E-state index contributed by atoms with van der Waals surface area (Å²) < 4.78 is 0. The Bertz CT molecular complexity index is 619.